The molecule has 44 heavy (non-hydrogen) atoms. The van der Waals surface area contributed by atoms with Crippen molar-refractivity contribution < 1.29 is 40.7 Å². The van der Waals surface area contributed by atoms with E-state index in [-0.39, 0.29) is 42.2 Å². The Labute approximate surface area is 252 Å². The minimum absolute atomic E-state index is 0.0255. The maximum absolute atomic E-state index is 13.5. The first kappa shape index (κ1) is 31.0. The van der Waals surface area contributed by atoms with Crippen LogP contribution in [0, 0.1) is 6.92 Å². The van der Waals surface area contributed by atoms with E-state index in [2.05, 4.69) is 15.0 Å². The molecule has 0 radical (unpaired) electrons. The van der Waals surface area contributed by atoms with Crippen LogP contribution in [0.2, 0.25) is 0 Å². The monoisotopic (exact) mass is 630 g/mol. The number of amidine groups is 1. The van der Waals surface area contributed by atoms with Crippen LogP contribution in [0.3, 0.4) is 0 Å². The second-order valence-corrected chi connectivity index (χ2v) is 12.6. The van der Waals surface area contributed by atoms with Gasteiger partial charge in [0.1, 0.15) is 22.9 Å². The van der Waals surface area contributed by atoms with Crippen molar-refractivity contribution in [3.63, 3.8) is 0 Å². The first-order valence-corrected chi connectivity index (χ1v) is 15.0. The number of sulfonamides is 1. The highest BCUT2D eigenvalue weighted by Crippen LogP contribution is 2.35. The van der Waals surface area contributed by atoms with Crippen LogP contribution in [0.15, 0.2) is 76.6 Å². The van der Waals surface area contributed by atoms with E-state index in [0.29, 0.717) is 5.75 Å². The molecule has 2 amide bonds. The number of nitrogens with zero attached hydrogens (tertiary/aromatic N) is 3. The first-order chi connectivity index (χ1) is 20.7. The summed E-state index contributed by atoms with van der Waals surface area (Å²) in [5.74, 6) is -0.386. The Hall–Kier alpha value is -4.43. The van der Waals surface area contributed by atoms with E-state index >= 15 is 0 Å². The smallest absolute Gasteiger partial charge is 0.410 e. The average molecular weight is 631 g/mol. The Balaban J connectivity index is 1.27. The number of carbonyl (C=O) groups is 2. The molecule has 1 spiro atoms. The number of hydrogen-bond acceptors (Lipinski definition) is 7. The molecule has 3 aromatic carbocycles. The number of rotatable bonds is 6. The predicted molar refractivity (Wildman–Crippen MR) is 155 cm³/mol. The molecule has 2 heterocycles. The number of aliphatic imine (C=N–C) groups is 1. The normalized spacial score (nSPS) is 16.8. The van der Waals surface area contributed by atoms with Crippen LogP contribution >= 0.6 is 0 Å². The molecule has 0 aliphatic carbocycles. The van der Waals surface area contributed by atoms with Crippen molar-refractivity contribution in [1.29, 1.82) is 0 Å². The van der Waals surface area contributed by atoms with Crippen LogP contribution in [0.1, 0.15) is 24.0 Å². The number of benzene rings is 3. The maximum atomic E-state index is 13.5. The number of alkyl halides is 3. The predicted octanol–water partition coefficient (Wildman–Crippen LogP) is 4.72. The van der Waals surface area contributed by atoms with E-state index < -0.39 is 39.7 Å². The molecule has 0 bridgehead atoms. The van der Waals surface area contributed by atoms with Crippen molar-refractivity contribution in [2.24, 2.45) is 4.99 Å². The Morgan fingerprint density at radius 1 is 0.977 bits per heavy atom. The number of piperidine rings is 1. The Bertz CT molecular complexity index is 1730. The third-order valence-electron chi connectivity index (χ3n) is 7.44. The van der Waals surface area contributed by atoms with Gasteiger partial charge in [-0.15, -0.1) is 13.2 Å². The number of ether oxygens (including phenoxy) is 2. The van der Waals surface area contributed by atoms with E-state index in [1.165, 1.54) is 33.5 Å². The molecule has 10 nitrogen and oxygen atoms in total. The van der Waals surface area contributed by atoms with Crippen molar-refractivity contribution >= 4 is 27.9 Å². The molecular weight excluding hydrogens is 601 g/mol. The molecular formula is C30H29F3N4O6S. The van der Waals surface area contributed by atoms with E-state index in [9.17, 15) is 31.2 Å². The summed E-state index contributed by atoms with van der Waals surface area (Å²) in [5, 5.41) is 2.63. The van der Waals surface area contributed by atoms with Gasteiger partial charge in [-0.2, -0.15) is 4.31 Å². The highest BCUT2D eigenvalue weighted by Gasteiger charge is 2.47. The van der Waals surface area contributed by atoms with Crippen LogP contribution in [0.4, 0.5) is 18.0 Å². The molecule has 5 rings (SSSR count). The van der Waals surface area contributed by atoms with Crippen LogP contribution in [-0.2, 0) is 14.8 Å². The molecule has 0 unspecified atom stereocenters. The summed E-state index contributed by atoms with van der Waals surface area (Å²) in [4.78, 5) is 30.7. The van der Waals surface area contributed by atoms with Gasteiger partial charge in [0.15, 0.2) is 0 Å². The van der Waals surface area contributed by atoms with Crippen molar-refractivity contribution in [2.45, 2.75) is 36.6 Å². The zero-order valence-electron chi connectivity index (χ0n) is 24.0. The molecule has 1 fully saturated rings. The second kappa shape index (κ2) is 11.6. The molecule has 0 saturated carbocycles. The van der Waals surface area contributed by atoms with E-state index in [0.717, 1.165) is 28.8 Å². The lowest BCUT2D eigenvalue weighted by molar-refractivity contribution is -0.274. The lowest BCUT2D eigenvalue weighted by atomic mass is 9.89. The fourth-order valence-corrected chi connectivity index (χ4v) is 6.54. The molecule has 1 N–H and O–H groups in total. The maximum Gasteiger partial charge on any atom is 0.573 e. The molecule has 232 valence electrons. The molecule has 3 aromatic rings. The van der Waals surface area contributed by atoms with Gasteiger partial charge in [-0.3, -0.25) is 9.79 Å². The topological polar surface area (TPSA) is 118 Å². The lowest BCUT2D eigenvalue weighted by Gasteiger charge is -2.34. The van der Waals surface area contributed by atoms with Gasteiger partial charge in [0.25, 0.3) is 5.91 Å². The Kier molecular flexibility index (Phi) is 8.16. The van der Waals surface area contributed by atoms with Crippen molar-refractivity contribution in [2.75, 3.05) is 27.2 Å². The molecule has 1 saturated heterocycles. The van der Waals surface area contributed by atoms with E-state index in [4.69, 9.17) is 4.74 Å². The quantitative estimate of drug-likeness (QED) is 0.421. The van der Waals surface area contributed by atoms with Crippen LogP contribution in [0.5, 0.6) is 11.5 Å². The SMILES string of the molecule is Cc1cc(OC(=O)N(C)C)ccc1-c1ccc(S(=O)(=O)N2CCC3(CC2)N=C(c2cccc(OC(F)(F)F)c2)NC3=O)cc1. The number of nitrogens with one attached hydrogen (secondary N) is 1. The molecule has 0 aromatic heterocycles. The summed E-state index contributed by atoms with van der Waals surface area (Å²) in [7, 11) is -0.716. The van der Waals surface area contributed by atoms with Gasteiger partial charge in [0.05, 0.1) is 4.90 Å². The van der Waals surface area contributed by atoms with Crippen LogP contribution < -0.4 is 14.8 Å². The molecule has 2 aliphatic heterocycles. The van der Waals surface area contributed by atoms with Gasteiger partial charge in [-0.1, -0.05) is 30.3 Å². The Morgan fingerprint density at radius 2 is 1.66 bits per heavy atom. The van der Waals surface area contributed by atoms with Gasteiger partial charge < -0.3 is 19.7 Å². The fraction of sp³-hybridized carbons (Fsp3) is 0.300. The zero-order valence-corrected chi connectivity index (χ0v) is 24.8. The van der Waals surface area contributed by atoms with E-state index in [1.807, 2.05) is 6.92 Å². The van der Waals surface area contributed by atoms with Crippen molar-refractivity contribution in [3.8, 4) is 22.6 Å². The van der Waals surface area contributed by atoms with Gasteiger partial charge in [0.2, 0.25) is 10.0 Å². The average Bonchev–Trinajstić information content (AvgIpc) is 3.27. The minimum atomic E-state index is -4.87. The van der Waals surface area contributed by atoms with Gasteiger partial charge in [-0.05, 0) is 72.9 Å². The highest BCUT2D eigenvalue weighted by atomic mass is 32.2. The highest BCUT2D eigenvalue weighted by molar-refractivity contribution is 7.89. The number of hydrogen-bond donors (Lipinski definition) is 1. The molecule has 2 aliphatic rings. The molecule has 14 heteroatoms. The largest absolute Gasteiger partial charge is 0.573 e. The third-order valence-corrected chi connectivity index (χ3v) is 9.36. The standard InChI is InChI=1S/C30H29F3N4O6S/c1-19-17-22(42-28(39)36(2)3)9-12-25(19)20-7-10-24(11-8-20)44(40,41)37-15-13-29(14-16-37)27(38)34-26(35-29)21-5-4-6-23(18-21)43-30(31,32)33/h4-12,17-18H,13-16H2,1-3H3,(H,34,35,38). The van der Waals surface area contributed by atoms with Crippen molar-refractivity contribution in [3.05, 3.63) is 77.9 Å². The number of carbonyl (C=O) groups excluding carboxylic acids is 2. The summed E-state index contributed by atoms with van der Waals surface area (Å²) in [5.41, 5.74) is 1.47. The first-order valence-electron chi connectivity index (χ1n) is 13.5. The summed E-state index contributed by atoms with van der Waals surface area (Å²) < 4.78 is 75.4. The number of halogens is 3. The summed E-state index contributed by atoms with van der Waals surface area (Å²) in [6.07, 6.45) is -5.17. The van der Waals surface area contributed by atoms with Crippen molar-refractivity contribution in [1.82, 2.24) is 14.5 Å². The van der Waals surface area contributed by atoms with Gasteiger partial charge in [-0.25, -0.2) is 13.2 Å². The lowest BCUT2D eigenvalue weighted by Crippen LogP contribution is -2.50. The third kappa shape index (κ3) is 6.40. The number of amides is 2. The summed E-state index contributed by atoms with van der Waals surface area (Å²) >= 11 is 0. The summed E-state index contributed by atoms with van der Waals surface area (Å²) in [6.45, 7) is 1.91. The Morgan fingerprint density at radius 3 is 2.27 bits per heavy atom. The summed E-state index contributed by atoms with van der Waals surface area (Å²) in [6, 6.07) is 16.7. The zero-order chi connectivity index (χ0) is 31.9. The minimum Gasteiger partial charge on any atom is -0.410 e. The second-order valence-electron chi connectivity index (χ2n) is 10.7. The van der Waals surface area contributed by atoms with Gasteiger partial charge in [0, 0.05) is 32.7 Å². The van der Waals surface area contributed by atoms with Crippen LogP contribution in [-0.4, -0.2) is 74.5 Å². The van der Waals surface area contributed by atoms with E-state index in [1.54, 1.807) is 44.4 Å². The van der Waals surface area contributed by atoms with Gasteiger partial charge >= 0.3 is 12.5 Å². The molecule has 0 atom stereocenters. The number of aryl methyl sites for hydroxylation is 1. The van der Waals surface area contributed by atoms with Crippen LogP contribution in [0.25, 0.3) is 11.1 Å². The fourth-order valence-electron chi connectivity index (χ4n) is 5.10.